The molecule has 2 rings (SSSR count). The molecule has 0 amide bonds. The monoisotopic (exact) mass is 263 g/mol. The fraction of sp³-hybridized carbons (Fsp3) is 0.625. The van der Waals surface area contributed by atoms with E-state index < -0.39 is 0 Å². The van der Waals surface area contributed by atoms with Gasteiger partial charge in [0.05, 0.1) is 25.7 Å². The molecule has 1 aliphatic heterocycles. The quantitative estimate of drug-likeness (QED) is 0.911. The average molecular weight is 263 g/mol. The summed E-state index contributed by atoms with van der Waals surface area (Å²) in [6.07, 6.45) is 0. The summed E-state index contributed by atoms with van der Waals surface area (Å²) < 4.78 is 11.0. The van der Waals surface area contributed by atoms with Gasteiger partial charge < -0.3 is 15.2 Å². The Balaban J connectivity index is 2.53. The first-order valence-corrected chi connectivity index (χ1v) is 6.83. The summed E-state index contributed by atoms with van der Waals surface area (Å²) in [5.41, 5.74) is 8.71. The number of hydrogen-bond donors (Lipinski definition) is 1. The fourth-order valence-corrected chi connectivity index (χ4v) is 2.55. The molecule has 1 fully saturated rings. The molecule has 106 valence electrons. The Bertz CT molecular complexity index is 456. The van der Waals surface area contributed by atoms with E-state index in [2.05, 4.69) is 39.0 Å². The van der Waals surface area contributed by atoms with Gasteiger partial charge in [-0.1, -0.05) is 32.9 Å². The maximum atomic E-state index is 6.21. The van der Waals surface area contributed by atoms with Gasteiger partial charge in [0.15, 0.2) is 0 Å². The van der Waals surface area contributed by atoms with Gasteiger partial charge >= 0.3 is 0 Å². The summed E-state index contributed by atoms with van der Waals surface area (Å²) in [6.45, 7) is 10.0. The minimum atomic E-state index is -0.105. The molecule has 1 heterocycles. The topological polar surface area (TPSA) is 44.5 Å². The van der Waals surface area contributed by atoms with E-state index in [0.717, 1.165) is 5.75 Å². The first-order chi connectivity index (χ1) is 8.81. The van der Waals surface area contributed by atoms with E-state index in [1.54, 1.807) is 7.11 Å². The highest BCUT2D eigenvalue weighted by Crippen LogP contribution is 2.41. The highest BCUT2D eigenvalue weighted by Gasteiger charge is 2.45. The second-order valence-electron chi connectivity index (χ2n) is 6.60. The predicted molar refractivity (Wildman–Crippen MR) is 77.8 cm³/mol. The van der Waals surface area contributed by atoms with Crippen molar-refractivity contribution in [3.05, 3.63) is 29.3 Å². The van der Waals surface area contributed by atoms with Gasteiger partial charge in [0, 0.05) is 11.6 Å². The number of methoxy groups -OCH3 is 1. The Hall–Kier alpha value is -1.06. The highest BCUT2D eigenvalue weighted by molar-refractivity contribution is 5.46. The van der Waals surface area contributed by atoms with Gasteiger partial charge in [-0.15, -0.1) is 0 Å². The molecule has 0 aromatic heterocycles. The van der Waals surface area contributed by atoms with Crippen LogP contribution >= 0.6 is 0 Å². The zero-order valence-corrected chi connectivity index (χ0v) is 12.6. The van der Waals surface area contributed by atoms with Crippen LogP contribution in [-0.4, -0.2) is 26.4 Å². The van der Waals surface area contributed by atoms with Crippen molar-refractivity contribution in [2.75, 3.05) is 20.3 Å². The van der Waals surface area contributed by atoms with Gasteiger partial charge in [-0.3, -0.25) is 0 Å². The third kappa shape index (κ3) is 2.37. The second-order valence-corrected chi connectivity index (χ2v) is 6.60. The van der Waals surface area contributed by atoms with Crippen LogP contribution < -0.4 is 10.5 Å². The van der Waals surface area contributed by atoms with Gasteiger partial charge in [-0.25, -0.2) is 0 Å². The summed E-state index contributed by atoms with van der Waals surface area (Å²) >= 11 is 0. The molecule has 3 nitrogen and oxygen atoms in total. The molecular formula is C16H25NO2. The van der Waals surface area contributed by atoms with E-state index in [1.807, 2.05) is 6.92 Å². The minimum Gasteiger partial charge on any atom is -0.496 e. The van der Waals surface area contributed by atoms with Crippen molar-refractivity contribution in [2.24, 2.45) is 5.73 Å². The van der Waals surface area contributed by atoms with Crippen molar-refractivity contribution in [3.8, 4) is 5.75 Å². The molecule has 0 radical (unpaired) electrons. The summed E-state index contributed by atoms with van der Waals surface area (Å²) in [4.78, 5) is 0. The molecule has 1 atom stereocenters. The molecule has 1 saturated heterocycles. The largest absolute Gasteiger partial charge is 0.496 e. The summed E-state index contributed by atoms with van der Waals surface area (Å²) in [5.74, 6) is 0.911. The van der Waals surface area contributed by atoms with Crippen LogP contribution in [-0.2, 0) is 15.6 Å². The number of hydrogen-bond acceptors (Lipinski definition) is 3. The van der Waals surface area contributed by atoms with E-state index in [0.29, 0.717) is 13.2 Å². The van der Waals surface area contributed by atoms with Crippen molar-refractivity contribution >= 4 is 0 Å². The molecular weight excluding hydrogens is 238 g/mol. The molecule has 1 unspecified atom stereocenters. The predicted octanol–water partition coefficient (Wildman–Crippen LogP) is 2.61. The lowest BCUT2D eigenvalue weighted by Gasteiger charge is -2.46. The second kappa shape index (κ2) is 4.80. The van der Waals surface area contributed by atoms with Crippen LogP contribution in [0.4, 0.5) is 0 Å². The molecule has 1 aromatic carbocycles. The Labute approximate surface area is 116 Å². The number of rotatable bonds is 3. The van der Waals surface area contributed by atoms with Gasteiger partial charge in [-0.2, -0.15) is 0 Å². The molecule has 3 heteroatoms. The molecule has 0 aliphatic carbocycles. The molecule has 1 aliphatic rings. The van der Waals surface area contributed by atoms with E-state index in [9.17, 15) is 0 Å². The molecule has 19 heavy (non-hydrogen) atoms. The fourth-order valence-electron chi connectivity index (χ4n) is 2.55. The van der Waals surface area contributed by atoms with Crippen molar-refractivity contribution < 1.29 is 9.47 Å². The van der Waals surface area contributed by atoms with E-state index in [-0.39, 0.29) is 16.9 Å². The normalized spacial score (nSPS) is 19.7. The van der Waals surface area contributed by atoms with Crippen molar-refractivity contribution in [3.63, 3.8) is 0 Å². The van der Waals surface area contributed by atoms with Crippen molar-refractivity contribution in [1.29, 1.82) is 0 Å². The van der Waals surface area contributed by atoms with Gasteiger partial charge in [-0.05, 0) is 24.0 Å². The molecule has 2 N–H and O–H groups in total. The maximum absolute atomic E-state index is 6.21. The lowest BCUT2D eigenvalue weighted by Crippen LogP contribution is -2.57. The van der Waals surface area contributed by atoms with Crippen LogP contribution in [0.3, 0.4) is 0 Å². The molecule has 1 aromatic rings. The molecule has 0 saturated carbocycles. The number of nitrogens with two attached hydrogens (primary N) is 1. The maximum Gasteiger partial charge on any atom is 0.122 e. The van der Waals surface area contributed by atoms with Crippen LogP contribution in [0.5, 0.6) is 5.75 Å². The third-order valence-corrected chi connectivity index (χ3v) is 4.19. The highest BCUT2D eigenvalue weighted by atomic mass is 16.5. The van der Waals surface area contributed by atoms with Gasteiger partial charge in [0.1, 0.15) is 5.75 Å². The zero-order chi connectivity index (χ0) is 14.3. The van der Waals surface area contributed by atoms with Crippen molar-refractivity contribution in [1.82, 2.24) is 0 Å². The Morgan fingerprint density at radius 2 is 1.95 bits per heavy atom. The van der Waals surface area contributed by atoms with Gasteiger partial charge in [0.2, 0.25) is 0 Å². The van der Waals surface area contributed by atoms with Crippen LogP contribution in [0.1, 0.15) is 38.8 Å². The average Bonchev–Trinajstić information content (AvgIpc) is 2.25. The Morgan fingerprint density at radius 1 is 1.32 bits per heavy atom. The molecule has 0 spiro atoms. The number of ether oxygens (including phenoxy) is 2. The summed E-state index contributed by atoms with van der Waals surface area (Å²) in [6, 6.07) is 6.48. The van der Waals surface area contributed by atoms with Crippen LogP contribution in [0.2, 0.25) is 0 Å². The summed E-state index contributed by atoms with van der Waals surface area (Å²) in [5, 5.41) is 0. The molecule has 0 bridgehead atoms. The zero-order valence-electron chi connectivity index (χ0n) is 12.6. The first-order valence-electron chi connectivity index (χ1n) is 6.83. The smallest absolute Gasteiger partial charge is 0.122 e. The lowest BCUT2D eigenvalue weighted by molar-refractivity contribution is -0.0711. The number of benzene rings is 1. The summed E-state index contributed by atoms with van der Waals surface area (Å²) in [7, 11) is 1.71. The van der Waals surface area contributed by atoms with Crippen molar-refractivity contribution in [2.45, 2.75) is 44.6 Å². The van der Waals surface area contributed by atoms with E-state index >= 15 is 0 Å². The standard InChI is InChI=1S/C16H25NO2/c1-11(17)16(9-19-10-16)13-8-12(15(2,3)4)6-7-14(13)18-5/h6-8,11H,9-10,17H2,1-5H3. The van der Waals surface area contributed by atoms with Crippen LogP contribution in [0.25, 0.3) is 0 Å². The Kier molecular flexibility index (Phi) is 3.63. The third-order valence-electron chi connectivity index (χ3n) is 4.19. The van der Waals surface area contributed by atoms with E-state index in [4.69, 9.17) is 15.2 Å². The first kappa shape index (κ1) is 14.4. The lowest BCUT2D eigenvalue weighted by atomic mass is 9.71. The minimum absolute atomic E-state index is 0.0466. The van der Waals surface area contributed by atoms with Gasteiger partial charge in [0.25, 0.3) is 0 Å². The van der Waals surface area contributed by atoms with Crippen LogP contribution in [0.15, 0.2) is 18.2 Å². The van der Waals surface area contributed by atoms with Crippen LogP contribution in [0, 0.1) is 0 Å². The Morgan fingerprint density at radius 3 is 2.32 bits per heavy atom. The van der Waals surface area contributed by atoms with E-state index in [1.165, 1.54) is 11.1 Å². The SMILES string of the molecule is COc1ccc(C(C)(C)C)cc1C1(C(C)N)COC1.